The first-order valence-corrected chi connectivity index (χ1v) is 8.45. The molecule has 5 heteroatoms. The lowest BCUT2D eigenvalue weighted by molar-refractivity contribution is 0.102. The number of amides is 1. The minimum Gasteiger partial charge on any atom is -0.302 e. The number of aryl methyl sites for hydroxylation is 3. The van der Waals surface area contributed by atoms with Gasteiger partial charge in [0.05, 0.1) is 0 Å². The summed E-state index contributed by atoms with van der Waals surface area (Å²) in [5.74, 6) is 0.111. The van der Waals surface area contributed by atoms with Crippen LogP contribution in [0.5, 0.6) is 0 Å². The van der Waals surface area contributed by atoms with Crippen LogP contribution < -0.4 is 5.32 Å². The van der Waals surface area contributed by atoms with Gasteiger partial charge in [-0.05, 0) is 59.4 Å². The summed E-state index contributed by atoms with van der Waals surface area (Å²) in [4.78, 5) is 12.5. The molecule has 5 nitrogen and oxygen atoms in total. The van der Waals surface area contributed by atoms with Gasteiger partial charge in [0, 0.05) is 11.1 Å². The van der Waals surface area contributed by atoms with E-state index in [9.17, 15) is 4.79 Å². The molecule has 0 radical (unpaired) electrons. The number of anilines is 1. The van der Waals surface area contributed by atoms with Crippen LogP contribution in [-0.4, -0.2) is 16.2 Å². The third kappa shape index (κ3) is 3.60. The standard InChI is InChI=1S/C20H21N3O2/c1-4-14-9-10-15(5-2)17(12-14)18-19(23-25-22-18)21-20(24)16-8-6-7-13(3)11-16/h6-12H,4-5H2,1-3H3,(H,21,23,24). The fourth-order valence-electron chi connectivity index (χ4n) is 2.79. The summed E-state index contributed by atoms with van der Waals surface area (Å²) < 4.78 is 4.92. The normalized spacial score (nSPS) is 10.7. The van der Waals surface area contributed by atoms with Crippen molar-refractivity contribution >= 4 is 11.7 Å². The van der Waals surface area contributed by atoms with E-state index >= 15 is 0 Å². The summed E-state index contributed by atoms with van der Waals surface area (Å²) in [5, 5.41) is 10.7. The Hall–Kier alpha value is -2.95. The van der Waals surface area contributed by atoms with Gasteiger partial charge in [-0.25, -0.2) is 4.63 Å². The summed E-state index contributed by atoms with van der Waals surface area (Å²) in [5.41, 5.74) is 5.45. The van der Waals surface area contributed by atoms with E-state index in [0.717, 1.165) is 29.5 Å². The van der Waals surface area contributed by atoms with Gasteiger partial charge in [-0.1, -0.05) is 43.7 Å². The van der Waals surface area contributed by atoms with Gasteiger partial charge in [-0.3, -0.25) is 4.79 Å². The van der Waals surface area contributed by atoms with E-state index in [1.54, 1.807) is 6.07 Å². The van der Waals surface area contributed by atoms with Crippen molar-refractivity contribution in [2.24, 2.45) is 0 Å². The lowest BCUT2D eigenvalue weighted by Gasteiger charge is -2.09. The lowest BCUT2D eigenvalue weighted by atomic mass is 9.98. The molecule has 1 aromatic heterocycles. The zero-order valence-electron chi connectivity index (χ0n) is 14.7. The fraction of sp³-hybridized carbons (Fsp3) is 0.250. The lowest BCUT2D eigenvalue weighted by Crippen LogP contribution is -2.13. The van der Waals surface area contributed by atoms with Gasteiger partial charge < -0.3 is 5.32 Å². The first-order valence-electron chi connectivity index (χ1n) is 8.45. The molecule has 0 aliphatic heterocycles. The zero-order valence-corrected chi connectivity index (χ0v) is 14.7. The van der Waals surface area contributed by atoms with Gasteiger partial charge >= 0.3 is 0 Å². The van der Waals surface area contributed by atoms with Crippen molar-refractivity contribution in [1.29, 1.82) is 0 Å². The SMILES string of the molecule is CCc1ccc(CC)c(-c2nonc2NC(=O)c2cccc(C)c2)c1. The highest BCUT2D eigenvalue weighted by molar-refractivity contribution is 6.05. The summed E-state index contributed by atoms with van der Waals surface area (Å²) in [6.45, 7) is 6.14. The number of benzene rings is 2. The van der Waals surface area contributed by atoms with Crippen LogP contribution in [0, 0.1) is 6.92 Å². The summed E-state index contributed by atoms with van der Waals surface area (Å²) in [6.07, 6.45) is 1.78. The predicted octanol–water partition coefficient (Wildman–Crippen LogP) is 4.42. The molecule has 1 heterocycles. The second-order valence-corrected chi connectivity index (χ2v) is 5.98. The fourth-order valence-corrected chi connectivity index (χ4v) is 2.79. The molecule has 3 rings (SSSR count). The number of hydrogen-bond donors (Lipinski definition) is 1. The molecular formula is C20H21N3O2. The molecule has 0 saturated heterocycles. The topological polar surface area (TPSA) is 68.0 Å². The number of nitrogens with zero attached hydrogens (tertiary/aromatic N) is 2. The first-order chi connectivity index (χ1) is 12.1. The van der Waals surface area contributed by atoms with Crippen molar-refractivity contribution in [3.63, 3.8) is 0 Å². The Kier molecular flexibility index (Phi) is 4.93. The van der Waals surface area contributed by atoms with Gasteiger partial charge in [0.1, 0.15) is 0 Å². The highest BCUT2D eigenvalue weighted by Crippen LogP contribution is 2.29. The van der Waals surface area contributed by atoms with E-state index in [0.29, 0.717) is 17.1 Å². The Morgan fingerprint density at radius 1 is 1.08 bits per heavy atom. The van der Waals surface area contributed by atoms with Gasteiger partial charge in [0.15, 0.2) is 5.69 Å². The highest BCUT2D eigenvalue weighted by atomic mass is 16.6. The quantitative estimate of drug-likeness (QED) is 0.749. The minimum atomic E-state index is -0.231. The summed E-state index contributed by atoms with van der Waals surface area (Å²) >= 11 is 0. The average molecular weight is 335 g/mol. The maximum atomic E-state index is 12.5. The van der Waals surface area contributed by atoms with Crippen molar-refractivity contribution in [3.8, 4) is 11.3 Å². The summed E-state index contributed by atoms with van der Waals surface area (Å²) in [6, 6.07) is 13.7. The Balaban J connectivity index is 1.95. The van der Waals surface area contributed by atoms with Crippen molar-refractivity contribution in [1.82, 2.24) is 10.3 Å². The molecule has 0 aliphatic rings. The number of rotatable bonds is 5. The molecule has 0 bridgehead atoms. The zero-order chi connectivity index (χ0) is 17.8. The maximum Gasteiger partial charge on any atom is 0.256 e. The van der Waals surface area contributed by atoms with Crippen LogP contribution in [0.2, 0.25) is 0 Å². The van der Waals surface area contributed by atoms with Crippen LogP contribution in [0.25, 0.3) is 11.3 Å². The van der Waals surface area contributed by atoms with E-state index in [4.69, 9.17) is 4.63 Å². The molecule has 0 saturated carbocycles. The predicted molar refractivity (Wildman–Crippen MR) is 97.6 cm³/mol. The van der Waals surface area contributed by atoms with Crippen LogP contribution in [-0.2, 0) is 12.8 Å². The third-order valence-corrected chi connectivity index (χ3v) is 4.22. The molecule has 0 aliphatic carbocycles. The first kappa shape index (κ1) is 16.9. The molecule has 0 spiro atoms. The van der Waals surface area contributed by atoms with Crippen LogP contribution in [0.15, 0.2) is 47.1 Å². The average Bonchev–Trinajstić information content (AvgIpc) is 3.09. The van der Waals surface area contributed by atoms with Crippen LogP contribution in [0.1, 0.15) is 40.9 Å². The summed E-state index contributed by atoms with van der Waals surface area (Å²) in [7, 11) is 0. The van der Waals surface area contributed by atoms with Gasteiger partial charge in [0.2, 0.25) is 5.82 Å². The molecule has 0 unspecified atom stereocenters. The Bertz CT molecular complexity index is 899. The van der Waals surface area contributed by atoms with Gasteiger partial charge in [-0.15, -0.1) is 0 Å². The van der Waals surface area contributed by atoms with E-state index < -0.39 is 0 Å². The molecule has 0 fully saturated rings. The van der Waals surface area contributed by atoms with Gasteiger partial charge in [0.25, 0.3) is 5.91 Å². The van der Waals surface area contributed by atoms with E-state index in [-0.39, 0.29) is 5.91 Å². The Morgan fingerprint density at radius 2 is 1.92 bits per heavy atom. The smallest absolute Gasteiger partial charge is 0.256 e. The van der Waals surface area contributed by atoms with E-state index in [2.05, 4.69) is 47.7 Å². The molecule has 1 N–H and O–H groups in total. The monoisotopic (exact) mass is 335 g/mol. The molecule has 1 amide bonds. The Morgan fingerprint density at radius 3 is 2.64 bits per heavy atom. The van der Waals surface area contributed by atoms with Crippen LogP contribution >= 0.6 is 0 Å². The van der Waals surface area contributed by atoms with E-state index in [1.807, 2.05) is 25.1 Å². The van der Waals surface area contributed by atoms with Crippen LogP contribution in [0.4, 0.5) is 5.82 Å². The Labute approximate surface area is 147 Å². The van der Waals surface area contributed by atoms with Crippen molar-refractivity contribution in [2.75, 3.05) is 5.32 Å². The van der Waals surface area contributed by atoms with E-state index in [1.165, 1.54) is 5.56 Å². The number of carbonyl (C=O) groups is 1. The number of carbonyl (C=O) groups excluding carboxylic acids is 1. The number of hydrogen-bond acceptors (Lipinski definition) is 4. The van der Waals surface area contributed by atoms with Crippen LogP contribution in [0.3, 0.4) is 0 Å². The number of nitrogens with one attached hydrogen (secondary N) is 1. The number of aromatic nitrogens is 2. The molecule has 2 aromatic carbocycles. The van der Waals surface area contributed by atoms with Crippen molar-refractivity contribution in [2.45, 2.75) is 33.6 Å². The largest absolute Gasteiger partial charge is 0.302 e. The molecule has 3 aromatic rings. The maximum absolute atomic E-state index is 12.5. The van der Waals surface area contributed by atoms with Crippen molar-refractivity contribution < 1.29 is 9.42 Å². The third-order valence-electron chi connectivity index (χ3n) is 4.22. The molecular weight excluding hydrogens is 314 g/mol. The van der Waals surface area contributed by atoms with Crippen molar-refractivity contribution in [3.05, 3.63) is 64.7 Å². The second kappa shape index (κ2) is 7.30. The van der Waals surface area contributed by atoms with Gasteiger partial charge in [-0.2, -0.15) is 0 Å². The second-order valence-electron chi connectivity index (χ2n) is 5.98. The molecule has 128 valence electrons. The minimum absolute atomic E-state index is 0.231. The molecule has 25 heavy (non-hydrogen) atoms. The highest BCUT2D eigenvalue weighted by Gasteiger charge is 2.18. The molecule has 0 atom stereocenters.